The number of nitrogens with zero attached hydrogens (tertiary/aromatic N) is 1. The van der Waals surface area contributed by atoms with Gasteiger partial charge in [-0.25, -0.2) is 0 Å². The van der Waals surface area contributed by atoms with E-state index in [1.165, 1.54) is 0 Å². The fourth-order valence-electron chi connectivity index (χ4n) is 1.05. The van der Waals surface area contributed by atoms with Gasteiger partial charge in [-0.1, -0.05) is 19.9 Å². The van der Waals surface area contributed by atoms with E-state index in [9.17, 15) is 4.79 Å². The molecule has 14 heavy (non-hydrogen) atoms. The summed E-state index contributed by atoms with van der Waals surface area (Å²) in [6.07, 6.45) is 2.08. The Kier molecular flexibility index (Phi) is 7.11. The summed E-state index contributed by atoms with van der Waals surface area (Å²) in [7, 11) is 0. The summed E-state index contributed by atoms with van der Waals surface area (Å²) in [4.78, 5) is 13.3. The molecular weight excluding hydrogens is 178 g/mol. The summed E-state index contributed by atoms with van der Waals surface area (Å²) in [5, 5.41) is 0. The first-order valence-corrected chi connectivity index (χ1v) is 5.16. The minimum absolute atomic E-state index is 0.00750. The van der Waals surface area contributed by atoms with Crippen LogP contribution >= 0.6 is 0 Å². The van der Waals surface area contributed by atoms with E-state index in [2.05, 4.69) is 13.5 Å². The molecule has 0 unspecified atom stereocenters. The molecule has 0 aliphatic carbocycles. The van der Waals surface area contributed by atoms with Crippen LogP contribution in [-0.4, -0.2) is 30.7 Å². The van der Waals surface area contributed by atoms with Crippen molar-refractivity contribution in [2.75, 3.05) is 19.9 Å². The Balaban J connectivity index is 4.08. The predicted molar refractivity (Wildman–Crippen MR) is 57.9 cm³/mol. The van der Waals surface area contributed by atoms with Gasteiger partial charge in [-0.3, -0.25) is 4.79 Å². The second-order valence-corrected chi connectivity index (χ2v) is 3.32. The number of hydrogen-bond donors (Lipinski definition) is 0. The molecule has 0 fully saturated rings. The van der Waals surface area contributed by atoms with Crippen LogP contribution in [0.3, 0.4) is 0 Å². The highest BCUT2D eigenvalue weighted by Crippen LogP contribution is 2.02. The normalized spacial score (nSPS) is 9.93. The van der Waals surface area contributed by atoms with Gasteiger partial charge in [0.05, 0.1) is 0 Å². The van der Waals surface area contributed by atoms with Gasteiger partial charge in [0.15, 0.2) is 0 Å². The van der Waals surface area contributed by atoms with Crippen LogP contribution in [0.5, 0.6) is 0 Å². The number of ether oxygens (including phenoxy) is 1. The van der Waals surface area contributed by atoms with Gasteiger partial charge in [0, 0.05) is 18.7 Å². The van der Waals surface area contributed by atoms with Crippen LogP contribution in [0.2, 0.25) is 0 Å². The molecule has 3 nitrogen and oxygen atoms in total. The molecule has 0 saturated heterocycles. The van der Waals surface area contributed by atoms with Gasteiger partial charge in [0.25, 0.3) is 5.91 Å². The quantitative estimate of drug-likeness (QED) is 0.464. The van der Waals surface area contributed by atoms with Gasteiger partial charge in [-0.15, -0.1) is 0 Å². The van der Waals surface area contributed by atoms with E-state index >= 15 is 0 Å². The average molecular weight is 199 g/mol. The van der Waals surface area contributed by atoms with Crippen molar-refractivity contribution in [3.63, 3.8) is 0 Å². The molecule has 0 aliphatic rings. The van der Waals surface area contributed by atoms with Crippen molar-refractivity contribution >= 4 is 5.91 Å². The van der Waals surface area contributed by atoms with Crippen LogP contribution in [0.1, 0.15) is 33.6 Å². The van der Waals surface area contributed by atoms with E-state index in [0.717, 1.165) is 19.4 Å². The Morgan fingerprint density at radius 2 is 2.07 bits per heavy atom. The first-order chi connectivity index (χ1) is 6.63. The second-order valence-electron chi connectivity index (χ2n) is 3.32. The summed E-state index contributed by atoms with van der Waals surface area (Å²) >= 11 is 0. The zero-order valence-electron chi connectivity index (χ0n) is 9.51. The fraction of sp³-hybridized carbons (Fsp3) is 0.727. The zero-order chi connectivity index (χ0) is 11.0. The van der Waals surface area contributed by atoms with E-state index in [4.69, 9.17) is 4.74 Å². The Labute approximate surface area is 86.7 Å². The molecule has 0 aliphatic heterocycles. The molecule has 1 amide bonds. The van der Waals surface area contributed by atoms with Crippen LogP contribution in [0.4, 0.5) is 0 Å². The van der Waals surface area contributed by atoms with Crippen molar-refractivity contribution in [3.8, 4) is 0 Å². The van der Waals surface area contributed by atoms with Crippen LogP contribution in [0, 0.1) is 0 Å². The minimum Gasteiger partial charge on any atom is -0.361 e. The number of unbranched alkanes of at least 4 members (excludes halogenated alkanes) is 1. The summed E-state index contributed by atoms with van der Waals surface area (Å²) in [5.41, 5.74) is 0.570. The van der Waals surface area contributed by atoms with Crippen molar-refractivity contribution in [2.24, 2.45) is 0 Å². The van der Waals surface area contributed by atoms with Gasteiger partial charge >= 0.3 is 0 Å². The molecule has 0 heterocycles. The maximum Gasteiger partial charge on any atom is 0.250 e. The predicted octanol–water partition coefficient (Wildman–Crippen LogP) is 2.19. The molecule has 0 atom stereocenters. The van der Waals surface area contributed by atoms with Crippen molar-refractivity contribution in [2.45, 2.75) is 33.6 Å². The molecule has 3 heteroatoms. The molecule has 0 bridgehead atoms. The summed E-state index contributed by atoms with van der Waals surface area (Å²) in [6, 6.07) is 0. The monoisotopic (exact) mass is 199 g/mol. The number of rotatable bonds is 7. The Bertz CT molecular complexity index is 182. The standard InChI is InChI=1S/C11H21NO2/c1-5-7-8-12(9-14-6-2)11(13)10(3)4/h3,5-9H2,1-2,4H3. The second kappa shape index (κ2) is 7.56. The van der Waals surface area contributed by atoms with Crippen LogP contribution < -0.4 is 0 Å². The first-order valence-electron chi connectivity index (χ1n) is 5.16. The lowest BCUT2D eigenvalue weighted by Crippen LogP contribution is -2.34. The molecule has 0 aromatic heterocycles. The number of carbonyl (C=O) groups is 1. The molecule has 0 rings (SSSR count). The van der Waals surface area contributed by atoms with Gasteiger partial charge < -0.3 is 9.64 Å². The first kappa shape index (κ1) is 13.2. The van der Waals surface area contributed by atoms with Crippen LogP contribution in [-0.2, 0) is 9.53 Å². The molecule has 0 spiro atoms. The van der Waals surface area contributed by atoms with Gasteiger partial charge in [0.2, 0.25) is 0 Å². The topological polar surface area (TPSA) is 29.5 Å². The number of hydrogen-bond acceptors (Lipinski definition) is 2. The van der Waals surface area contributed by atoms with Crippen molar-refractivity contribution in [1.82, 2.24) is 4.90 Å². The van der Waals surface area contributed by atoms with Crippen molar-refractivity contribution in [1.29, 1.82) is 0 Å². The zero-order valence-corrected chi connectivity index (χ0v) is 9.51. The lowest BCUT2D eigenvalue weighted by atomic mass is 10.2. The molecule has 0 aromatic rings. The molecular formula is C11H21NO2. The molecule has 0 saturated carbocycles. The maximum atomic E-state index is 11.6. The molecule has 0 aromatic carbocycles. The third kappa shape index (κ3) is 5.02. The SMILES string of the molecule is C=C(C)C(=O)N(CCCC)COCC. The highest BCUT2D eigenvalue weighted by Gasteiger charge is 2.12. The van der Waals surface area contributed by atoms with Crippen LogP contribution in [0.25, 0.3) is 0 Å². The number of carbonyl (C=O) groups excluding carboxylic acids is 1. The van der Waals surface area contributed by atoms with E-state index in [1.807, 2.05) is 6.92 Å². The summed E-state index contributed by atoms with van der Waals surface area (Å²) in [5.74, 6) is -0.00750. The van der Waals surface area contributed by atoms with Crippen LogP contribution in [0.15, 0.2) is 12.2 Å². The van der Waals surface area contributed by atoms with E-state index in [-0.39, 0.29) is 5.91 Å². The van der Waals surface area contributed by atoms with Crippen molar-refractivity contribution < 1.29 is 9.53 Å². The lowest BCUT2D eigenvalue weighted by Gasteiger charge is -2.22. The third-order valence-electron chi connectivity index (χ3n) is 1.89. The van der Waals surface area contributed by atoms with Crippen molar-refractivity contribution in [3.05, 3.63) is 12.2 Å². The third-order valence-corrected chi connectivity index (χ3v) is 1.89. The van der Waals surface area contributed by atoms with Gasteiger partial charge in [-0.05, 0) is 20.3 Å². The Hall–Kier alpha value is -0.830. The Morgan fingerprint density at radius 3 is 2.50 bits per heavy atom. The molecule has 82 valence electrons. The van der Waals surface area contributed by atoms with Gasteiger partial charge in [0.1, 0.15) is 6.73 Å². The smallest absolute Gasteiger partial charge is 0.250 e. The largest absolute Gasteiger partial charge is 0.361 e. The van der Waals surface area contributed by atoms with E-state index in [1.54, 1.807) is 11.8 Å². The fourth-order valence-corrected chi connectivity index (χ4v) is 1.05. The highest BCUT2D eigenvalue weighted by molar-refractivity contribution is 5.92. The maximum absolute atomic E-state index is 11.6. The average Bonchev–Trinajstić information content (AvgIpc) is 2.17. The number of amides is 1. The molecule has 0 radical (unpaired) electrons. The van der Waals surface area contributed by atoms with E-state index in [0.29, 0.717) is 18.9 Å². The van der Waals surface area contributed by atoms with E-state index < -0.39 is 0 Å². The summed E-state index contributed by atoms with van der Waals surface area (Å²) < 4.78 is 5.23. The minimum atomic E-state index is -0.00750. The van der Waals surface area contributed by atoms with Gasteiger partial charge in [-0.2, -0.15) is 0 Å². The lowest BCUT2D eigenvalue weighted by molar-refractivity contribution is -0.132. The highest BCUT2D eigenvalue weighted by atomic mass is 16.5. The molecule has 0 N–H and O–H groups in total. The Morgan fingerprint density at radius 1 is 1.43 bits per heavy atom. The summed E-state index contributed by atoms with van der Waals surface area (Å²) in [6.45, 7) is 11.2.